The molecule has 2 amide bonds. The predicted octanol–water partition coefficient (Wildman–Crippen LogP) is -0.959. The molecule has 0 spiro atoms. The van der Waals surface area contributed by atoms with E-state index in [2.05, 4.69) is 20.3 Å². The quantitative estimate of drug-likeness (QED) is 0.174. The number of aliphatic hydroxyl groups excluding tert-OH is 2. The Morgan fingerprint density at radius 3 is 2.14 bits per heavy atom. The molecule has 1 aromatic rings. The van der Waals surface area contributed by atoms with Gasteiger partial charge in [0.05, 0.1) is 12.2 Å². The second kappa shape index (κ2) is 16.4. The van der Waals surface area contributed by atoms with Crippen LogP contribution >= 0.6 is 0 Å². The highest BCUT2D eigenvalue weighted by molar-refractivity contribution is 7.89. The first-order valence-electron chi connectivity index (χ1n) is 11.6. The zero-order valence-corrected chi connectivity index (χ0v) is 22.4. The Kier molecular flexibility index (Phi) is 15.3. The number of carbonyl (C=O) groups excluding carboxylic acids is 2. The molecule has 208 valence electrons. The fourth-order valence-corrected chi connectivity index (χ4v) is 3.47. The largest absolute Gasteiger partial charge is 0.444 e. The molecule has 0 aromatic carbocycles. The fourth-order valence-electron chi connectivity index (χ4n) is 2.45. The van der Waals surface area contributed by atoms with Crippen molar-refractivity contribution in [3.05, 3.63) is 24.4 Å². The maximum atomic E-state index is 12.5. The third-order valence-corrected chi connectivity index (χ3v) is 5.53. The van der Waals surface area contributed by atoms with E-state index in [0.29, 0.717) is 6.42 Å². The summed E-state index contributed by atoms with van der Waals surface area (Å²) >= 11 is 0. The van der Waals surface area contributed by atoms with Gasteiger partial charge in [-0.25, -0.2) is 22.9 Å². The molecule has 0 aliphatic carbocycles. The Bertz CT molecular complexity index is 875. The zero-order valence-electron chi connectivity index (χ0n) is 21.6. The summed E-state index contributed by atoms with van der Waals surface area (Å²) in [6.45, 7) is 8.96. The number of ether oxygens (including phenoxy) is 1. The SMILES string of the molecule is CC(C)C[C@H](NC(=O)OC(C)(C)C)C(=O)NCC(O)CNS(=O)(=O)c1ccccn1.NCC(O)CN. The van der Waals surface area contributed by atoms with Gasteiger partial charge >= 0.3 is 6.09 Å². The minimum atomic E-state index is -3.87. The van der Waals surface area contributed by atoms with Gasteiger partial charge in [-0.1, -0.05) is 19.9 Å². The number of hydrogen-bond acceptors (Lipinski definition) is 10. The van der Waals surface area contributed by atoms with Gasteiger partial charge in [0.2, 0.25) is 5.91 Å². The van der Waals surface area contributed by atoms with E-state index in [0.717, 1.165) is 0 Å². The molecule has 0 saturated heterocycles. The van der Waals surface area contributed by atoms with Crippen LogP contribution in [0.1, 0.15) is 41.0 Å². The molecular formula is C22H42N6O7S. The Morgan fingerprint density at radius 2 is 1.69 bits per heavy atom. The number of aliphatic hydroxyl groups is 2. The number of hydrogen-bond donors (Lipinski definition) is 7. The minimum absolute atomic E-state index is 0.116. The van der Waals surface area contributed by atoms with Crippen LogP contribution in [-0.2, 0) is 19.6 Å². The molecule has 0 radical (unpaired) electrons. The normalized spacial score (nSPS) is 13.4. The van der Waals surface area contributed by atoms with Gasteiger partial charge in [0.1, 0.15) is 11.6 Å². The van der Waals surface area contributed by atoms with Crippen LogP contribution < -0.4 is 26.8 Å². The summed E-state index contributed by atoms with van der Waals surface area (Å²) in [5.41, 5.74) is 9.20. The number of pyridine rings is 1. The van der Waals surface area contributed by atoms with E-state index in [4.69, 9.17) is 21.3 Å². The maximum Gasteiger partial charge on any atom is 0.408 e. The van der Waals surface area contributed by atoms with Crippen LogP contribution in [0.5, 0.6) is 0 Å². The van der Waals surface area contributed by atoms with Crippen molar-refractivity contribution in [2.45, 2.75) is 69.9 Å². The molecule has 0 aliphatic rings. The number of carbonyl (C=O) groups is 2. The van der Waals surface area contributed by atoms with Crippen LogP contribution in [0.4, 0.5) is 4.79 Å². The van der Waals surface area contributed by atoms with E-state index in [1.54, 1.807) is 26.8 Å². The summed E-state index contributed by atoms with van der Waals surface area (Å²) in [6.07, 6.45) is -0.684. The van der Waals surface area contributed by atoms with Crippen LogP contribution in [0.15, 0.2) is 29.4 Å². The molecule has 13 nitrogen and oxygen atoms in total. The number of nitrogens with zero attached hydrogens (tertiary/aromatic N) is 1. The molecule has 1 aromatic heterocycles. The van der Waals surface area contributed by atoms with Gasteiger partial charge in [-0.3, -0.25) is 4.79 Å². The first-order valence-corrected chi connectivity index (χ1v) is 13.0. The predicted molar refractivity (Wildman–Crippen MR) is 135 cm³/mol. The lowest BCUT2D eigenvalue weighted by molar-refractivity contribution is -0.124. The fraction of sp³-hybridized carbons (Fsp3) is 0.682. The van der Waals surface area contributed by atoms with Crippen molar-refractivity contribution in [3.8, 4) is 0 Å². The smallest absolute Gasteiger partial charge is 0.408 e. The van der Waals surface area contributed by atoms with Gasteiger partial charge in [0.25, 0.3) is 10.0 Å². The van der Waals surface area contributed by atoms with Crippen molar-refractivity contribution < 1.29 is 33.0 Å². The summed E-state index contributed by atoms with van der Waals surface area (Å²) in [5, 5.41) is 23.3. The Morgan fingerprint density at radius 1 is 1.08 bits per heavy atom. The molecule has 0 aliphatic heterocycles. The molecule has 0 bridgehead atoms. The van der Waals surface area contributed by atoms with Crippen molar-refractivity contribution in [1.29, 1.82) is 0 Å². The molecule has 0 fully saturated rings. The average Bonchev–Trinajstić information content (AvgIpc) is 2.79. The molecule has 2 atom stereocenters. The van der Waals surface area contributed by atoms with Crippen molar-refractivity contribution in [1.82, 2.24) is 20.3 Å². The number of sulfonamides is 1. The van der Waals surface area contributed by atoms with Crippen LogP contribution in [0.25, 0.3) is 0 Å². The van der Waals surface area contributed by atoms with Crippen LogP contribution in [0.2, 0.25) is 0 Å². The number of rotatable bonds is 12. The maximum absolute atomic E-state index is 12.5. The summed E-state index contributed by atoms with van der Waals surface area (Å²) in [6, 6.07) is 3.60. The monoisotopic (exact) mass is 534 g/mol. The van der Waals surface area contributed by atoms with Crippen molar-refractivity contribution in [2.24, 2.45) is 17.4 Å². The van der Waals surface area contributed by atoms with Gasteiger partial charge < -0.3 is 37.1 Å². The van der Waals surface area contributed by atoms with Gasteiger partial charge in [-0.2, -0.15) is 0 Å². The molecular weight excluding hydrogens is 492 g/mol. The second-order valence-corrected chi connectivity index (χ2v) is 11.1. The third-order valence-electron chi connectivity index (χ3n) is 4.19. The lowest BCUT2D eigenvalue weighted by Gasteiger charge is -2.24. The molecule has 9 N–H and O–H groups in total. The highest BCUT2D eigenvalue weighted by Crippen LogP contribution is 2.10. The molecule has 0 saturated carbocycles. The van der Waals surface area contributed by atoms with Gasteiger partial charge in [0, 0.05) is 32.4 Å². The molecule has 1 rings (SSSR count). The standard InChI is InChI=1S/C19H32N4O6S.C3H10N2O/c1-13(2)10-15(23-18(26)29-19(3,4)5)17(25)21-11-14(24)12-22-30(27,28)16-8-6-7-9-20-16;4-1-3(6)2-5/h6-9,13-15,22,24H,10-12H2,1-5H3,(H,21,25)(H,23,26);3,6H,1-2,4-5H2/t14?,15-;/m0./s1. The van der Waals surface area contributed by atoms with Crippen molar-refractivity contribution in [3.63, 3.8) is 0 Å². The van der Waals surface area contributed by atoms with E-state index in [-0.39, 0.29) is 37.1 Å². The van der Waals surface area contributed by atoms with E-state index in [1.165, 1.54) is 18.3 Å². The van der Waals surface area contributed by atoms with E-state index >= 15 is 0 Å². The first-order chi connectivity index (χ1) is 16.6. The number of nitrogens with two attached hydrogens (primary N) is 2. The van der Waals surface area contributed by atoms with Crippen LogP contribution in [-0.4, -0.2) is 85.6 Å². The lowest BCUT2D eigenvalue weighted by atomic mass is 10.0. The number of alkyl carbamates (subject to hydrolysis) is 1. The summed E-state index contributed by atoms with van der Waals surface area (Å²) in [5.74, 6) is -0.382. The van der Waals surface area contributed by atoms with Gasteiger partial charge in [-0.05, 0) is 45.2 Å². The Labute approximate surface area is 213 Å². The Balaban J connectivity index is 0.00000181. The van der Waals surface area contributed by atoms with E-state index in [1.807, 2.05) is 13.8 Å². The average molecular weight is 535 g/mol. The summed E-state index contributed by atoms with van der Waals surface area (Å²) < 4.78 is 31.6. The number of amides is 2. The number of nitrogens with one attached hydrogen (secondary N) is 3. The molecule has 36 heavy (non-hydrogen) atoms. The second-order valence-electron chi connectivity index (χ2n) is 9.37. The zero-order chi connectivity index (χ0) is 27.9. The summed E-state index contributed by atoms with van der Waals surface area (Å²) in [7, 11) is -3.87. The lowest BCUT2D eigenvalue weighted by Crippen LogP contribution is -2.50. The van der Waals surface area contributed by atoms with Crippen LogP contribution in [0, 0.1) is 5.92 Å². The molecule has 1 unspecified atom stereocenters. The van der Waals surface area contributed by atoms with Crippen molar-refractivity contribution >= 4 is 22.0 Å². The first kappa shape index (κ1) is 33.6. The third kappa shape index (κ3) is 15.6. The van der Waals surface area contributed by atoms with E-state index < -0.39 is 45.9 Å². The van der Waals surface area contributed by atoms with Gasteiger partial charge in [-0.15, -0.1) is 0 Å². The van der Waals surface area contributed by atoms with E-state index in [9.17, 15) is 23.1 Å². The highest BCUT2D eigenvalue weighted by Gasteiger charge is 2.25. The molecule has 14 heteroatoms. The highest BCUT2D eigenvalue weighted by atomic mass is 32.2. The molecule has 1 heterocycles. The number of aromatic nitrogens is 1. The minimum Gasteiger partial charge on any atom is -0.444 e. The van der Waals surface area contributed by atoms with Crippen molar-refractivity contribution in [2.75, 3.05) is 26.2 Å². The van der Waals surface area contributed by atoms with Crippen LogP contribution in [0.3, 0.4) is 0 Å². The Hall–Kier alpha value is -2.36. The van der Waals surface area contributed by atoms with Gasteiger partial charge in [0.15, 0.2) is 5.03 Å². The topological polar surface area (TPSA) is 219 Å². The summed E-state index contributed by atoms with van der Waals surface area (Å²) in [4.78, 5) is 28.2.